The van der Waals surface area contributed by atoms with Crippen LogP contribution >= 0.6 is 15.9 Å². The topological polar surface area (TPSA) is 19.4 Å². The van der Waals surface area contributed by atoms with Crippen molar-refractivity contribution in [2.24, 2.45) is 0 Å². The number of anilines is 2. The first-order chi connectivity index (χ1) is 10.1. The molecule has 0 N–H and O–H groups in total. The van der Waals surface area contributed by atoms with E-state index in [1.807, 2.05) is 18.3 Å². The number of aryl methyl sites for hydroxylation is 1. The third-order valence-corrected chi connectivity index (χ3v) is 4.22. The Hall–Kier alpha value is -1.62. The molecule has 110 valence electrons. The van der Waals surface area contributed by atoms with E-state index in [9.17, 15) is 4.39 Å². The quantitative estimate of drug-likeness (QED) is 0.825. The Labute approximate surface area is 132 Å². The van der Waals surface area contributed by atoms with Crippen molar-refractivity contribution in [3.63, 3.8) is 0 Å². The normalized spacial score (nSPS) is 15.4. The van der Waals surface area contributed by atoms with Crippen molar-refractivity contribution in [1.29, 1.82) is 0 Å². The molecule has 0 bridgehead atoms. The summed E-state index contributed by atoms with van der Waals surface area (Å²) in [6.45, 7) is 5.77. The van der Waals surface area contributed by atoms with E-state index >= 15 is 0 Å². The van der Waals surface area contributed by atoms with Crippen LogP contribution in [0.3, 0.4) is 0 Å². The molecule has 0 amide bonds. The van der Waals surface area contributed by atoms with E-state index < -0.39 is 0 Å². The van der Waals surface area contributed by atoms with Gasteiger partial charge in [0.1, 0.15) is 11.6 Å². The molecular formula is C16H17BrFN3. The fraction of sp³-hybridized carbons (Fsp3) is 0.312. The van der Waals surface area contributed by atoms with Crippen LogP contribution in [0.5, 0.6) is 0 Å². The molecule has 1 aromatic heterocycles. The minimum absolute atomic E-state index is 0.188. The van der Waals surface area contributed by atoms with Crippen molar-refractivity contribution in [2.45, 2.75) is 6.92 Å². The Morgan fingerprint density at radius 2 is 1.67 bits per heavy atom. The Bertz CT molecular complexity index is 622. The molecule has 1 aliphatic rings. The van der Waals surface area contributed by atoms with Gasteiger partial charge >= 0.3 is 0 Å². The van der Waals surface area contributed by atoms with E-state index in [4.69, 9.17) is 0 Å². The number of halogens is 2. The van der Waals surface area contributed by atoms with E-state index in [1.54, 1.807) is 0 Å². The highest BCUT2D eigenvalue weighted by Gasteiger charge is 2.19. The molecule has 0 saturated carbocycles. The molecule has 0 unspecified atom stereocenters. The van der Waals surface area contributed by atoms with Gasteiger partial charge in [0.05, 0.1) is 0 Å². The van der Waals surface area contributed by atoms with Crippen molar-refractivity contribution < 1.29 is 4.39 Å². The lowest BCUT2D eigenvalue weighted by Crippen LogP contribution is -2.47. The zero-order valence-corrected chi connectivity index (χ0v) is 13.5. The van der Waals surface area contributed by atoms with Crippen LogP contribution in [-0.4, -0.2) is 31.2 Å². The summed E-state index contributed by atoms with van der Waals surface area (Å²) in [6, 6.07) is 8.81. The number of pyridine rings is 1. The molecule has 5 heteroatoms. The smallest absolute Gasteiger partial charge is 0.131 e. The first-order valence-electron chi connectivity index (χ1n) is 7.01. The third-order valence-electron chi connectivity index (χ3n) is 3.79. The lowest BCUT2D eigenvalue weighted by Gasteiger charge is -2.37. The monoisotopic (exact) mass is 349 g/mol. The maximum Gasteiger partial charge on any atom is 0.131 e. The average molecular weight is 350 g/mol. The van der Waals surface area contributed by atoms with Gasteiger partial charge in [0, 0.05) is 42.5 Å². The van der Waals surface area contributed by atoms with Crippen LogP contribution in [0.4, 0.5) is 15.9 Å². The van der Waals surface area contributed by atoms with E-state index in [0.29, 0.717) is 0 Å². The van der Waals surface area contributed by atoms with Gasteiger partial charge in [-0.3, -0.25) is 0 Å². The van der Waals surface area contributed by atoms with Gasteiger partial charge in [0.25, 0.3) is 0 Å². The molecule has 1 aromatic carbocycles. The number of nitrogens with zero attached hydrogens (tertiary/aromatic N) is 3. The van der Waals surface area contributed by atoms with E-state index in [2.05, 4.69) is 43.7 Å². The second-order valence-corrected chi connectivity index (χ2v) is 6.16. The van der Waals surface area contributed by atoms with Gasteiger partial charge in [0.15, 0.2) is 0 Å². The summed E-state index contributed by atoms with van der Waals surface area (Å²) in [5.74, 6) is 0.865. The molecule has 0 radical (unpaired) electrons. The Kier molecular flexibility index (Phi) is 4.10. The van der Waals surface area contributed by atoms with E-state index in [1.165, 1.54) is 17.7 Å². The lowest BCUT2D eigenvalue weighted by atomic mass is 10.2. The first kappa shape index (κ1) is 14.3. The van der Waals surface area contributed by atoms with Crippen LogP contribution in [0.2, 0.25) is 0 Å². The number of rotatable bonds is 2. The van der Waals surface area contributed by atoms with Crippen molar-refractivity contribution in [3.8, 4) is 0 Å². The van der Waals surface area contributed by atoms with Gasteiger partial charge in [-0.2, -0.15) is 0 Å². The highest BCUT2D eigenvalue weighted by molar-refractivity contribution is 9.10. The van der Waals surface area contributed by atoms with Crippen LogP contribution in [0, 0.1) is 12.7 Å². The molecule has 3 rings (SSSR count). The van der Waals surface area contributed by atoms with Gasteiger partial charge in [-0.15, -0.1) is 0 Å². The molecule has 3 nitrogen and oxygen atoms in total. The Morgan fingerprint density at radius 1 is 1.05 bits per heavy atom. The molecule has 2 heterocycles. The number of aromatic nitrogens is 1. The summed E-state index contributed by atoms with van der Waals surface area (Å²) in [7, 11) is 0. The molecule has 1 fully saturated rings. The van der Waals surface area contributed by atoms with Gasteiger partial charge < -0.3 is 9.80 Å². The van der Waals surface area contributed by atoms with Crippen LogP contribution < -0.4 is 9.80 Å². The minimum atomic E-state index is -0.188. The van der Waals surface area contributed by atoms with Crippen LogP contribution in [-0.2, 0) is 0 Å². The van der Waals surface area contributed by atoms with Crippen LogP contribution in [0.15, 0.2) is 41.0 Å². The van der Waals surface area contributed by atoms with Gasteiger partial charge in [-0.25, -0.2) is 9.37 Å². The van der Waals surface area contributed by atoms with Gasteiger partial charge in [-0.1, -0.05) is 0 Å². The fourth-order valence-electron chi connectivity index (χ4n) is 2.69. The molecule has 0 aliphatic carbocycles. The van der Waals surface area contributed by atoms with E-state index in [-0.39, 0.29) is 5.82 Å². The van der Waals surface area contributed by atoms with Gasteiger partial charge in [-0.05, 0) is 58.7 Å². The highest BCUT2D eigenvalue weighted by Crippen LogP contribution is 2.23. The maximum absolute atomic E-state index is 13.0. The largest absolute Gasteiger partial charge is 0.368 e. The Balaban J connectivity index is 1.68. The maximum atomic E-state index is 13.0. The lowest BCUT2D eigenvalue weighted by molar-refractivity contribution is 0.624. The predicted octanol–water partition coefficient (Wildman–Crippen LogP) is 3.62. The standard InChI is InChI=1S/C16H17BrFN3/c1-12-10-13(17)11-19-16(12)21-8-6-20(7-9-21)15-4-2-14(18)3-5-15/h2-5,10-11H,6-9H2,1H3. The first-order valence-corrected chi connectivity index (χ1v) is 7.80. The van der Waals surface area contributed by atoms with Crippen molar-refractivity contribution in [1.82, 2.24) is 4.98 Å². The molecule has 0 spiro atoms. The van der Waals surface area contributed by atoms with Crippen LogP contribution in [0.1, 0.15) is 5.56 Å². The van der Waals surface area contributed by atoms with Gasteiger partial charge in [0.2, 0.25) is 0 Å². The summed E-state index contributed by atoms with van der Waals surface area (Å²) in [5, 5.41) is 0. The SMILES string of the molecule is Cc1cc(Br)cnc1N1CCN(c2ccc(F)cc2)CC1. The Morgan fingerprint density at radius 3 is 2.29 bits per heavy atom. The zero-order valence-electron chi connectivity index (χ0n) is 11.9. The molecule has 0 atom stereocenters. The molecule has 2 aromatic rings. The summed E-state index contributed by atoms with van der Waals surface area (Å²) in [6.07, 6.45) is 1.84. The van der Waals surface area contributed by atoms with E-state index in [0.717, 1.165) is 42.2 Å². The molecule has 1 aliphatic heterocycles. The second kappa shape index (κ2) is 6.02. The van der Waals surface area contributed by atoms with Crippen LogP contribution in [0.25, 0.3) is 0 Å². The van der Waals surface area contributed by atoms with Crippen molar-refractivity contribution in [3.05, 3.63) is 52.4 Å². The van der Waals surface area contributed by atoms with Crippen molar-refractivity contribution in [2.75, 3.05) is 36.0 Å². The summed E-state index contributed by atoms with van der Waals surface area (Å²) < 4.78 is 14.0. The third kappa shape index (κ3) is 3.18. The van der Waals surface area contributed by atoms with Crippen molar-refractivity contribution >= 4 is 27.4 Å². The molecular weight excluding hydrogens is 333 g/mol. The number of hydrogen-bond acceptors (Lipinski definition) is 3. The fourth-order valence-corrected chi connectivity index (χ4v) is 3.14. The summed E-state index contributed by atoms with van der Waals surface area (Å²) in [4.78, 5) is 9.11. The zero-order chi connectivity index (χ0) is 14.8. The summed E-state index contributed by atoms with van der Waals surface area (Å²) in [5.41, 5.74) is 2.26. The number of piperazine rings is 1. The second-order valence-electron chi connectivity index (χ2n) is 5.24. The number of benzene rings is 1. The summed E-state index contributed by atoms with van der Waals surface area (Å²) >= 11 is 3.45. The molecule has 21 heavy (non-hydrogen) atoms. The predicted molar refractivity (Wildman–Crippen MR) is 87.5 cm³/mol. The average Bonchev–Trinajstić information content (AvgIpc) is 2.48. The highest BCUT2D eigenvalue weighted by atomic mass is 79.9. The minimum Gasteiger partial charge on any atom is -0.368 e. The molecule has 1 saturated heterocycles. The number of hydrogen-bond donors (Lipinski definition) is 0.